The minimum atomic E-state index is -0.0719. The standard InChI is InChI=1S/C21H25N3O/c1-14(2)24(4)15(3)13-22-21(25)18-10-7-9-17-12-16-8-5-6-11-19(16)23-20(17)18/h5-12,14-15H,13H2,1-4H3,(H,22,25). The molecule has 0 aliphatic heterocycles. The van der Waals surface area contributed by atoms with Crippen molar-refractivity contribution in [2.75, 3.05) is 13.6 Å². The van der Waals surface area contributed by atoms with Gasteiger partial charge >= 0.3 is 0 Å². The Labute approximate surface area is 148 Å². The van der Waals surface area contributed by atoms with E-state index in [-0.39, 0.29) is 11.9 Å². The van der Waals surface area contributed by atoms with Crippen molar-refractivity contribution in [3.05, 3.63) is 54.1 Å². The van der Waals surface area contributed by atoms with Gasteiger partial charge in [0.25, 0.3) is 5.91 Å². The lowest BCUT2D eigenvalue weighted by Crippen LogP contribution is -2.43. The predicted molar refractivity (Wildman–Crippen MR) is 104 cm³/mol. The highest BCUT2D eigenvalue weighted by molar-refractivity contribution is 6.07. The second kappa shape index (κ2) is 7.19. The van der Waals surface area contributed by atoms with Crippen LogP contribution in [0.5, 0.6) is 0 Å². The van der Waals surface area contributed by atoms with E-state index >= 15 is 0 Å². The number of pyridine rings is 1. The van der Waals surface area contributed by atoms with Crippen LogP contribution in [0.25, 0.3) is 21.8 Å². The highest BCUT2D eigenvalue weighted by Crippen LogP contribution is 2.22. The number of carbonyl (C=O) groups is 1. The van der Waals surface area contributed by atoms with Crippen LogP contribution in [0, 0.1) is 0 Å². The summed E-state index contributed by atoms with van der Waals surface area (Å²) in [6.07, 6.45) is 0. The van der Waals surface area contributed by atoms with Crippen LogP contribution in [-0.4, -0.2) is 41.5 Å². The molecule has 0 saturated heterocycles. The van der Waals surface area contributed by atoms with Gasteiger partial charge in [-0.2, -0.15) is 0 Å². The molecule has 1 N–H and O–H groups in total. The molecule has 25 heavy (non-hydrogen) atoms. The maximum Gasteiger partial charge on any atom is 0.253 e. The molecule has 1 amide bonds. The Bertz CT molecular complexity index is 904. The van der Waals surface area contributed by atoms with E-state index in [4.69, 9.17) is 4.98 Å². The Hall–Kier alpha value is -2.46. The number of nitrogens with zero attached hydrogens (tertiary/aromatic N) is 2. The molecule has 3 aromatic rings. The minimum Gasteiger partial charge on any atom is -0.350 e. The van der Waals surface area contributed by atoms with E-state index in [1.807, 2.05) is 42.5 Å². The number of fused-ring (bicyclic) bond motifs is 2. The molecule has 4 nitrogen and oxygen atoms in total. The van der Waals surface area contributed by atoms with Gasteiger partial charge in [-0.3, -0.25) is 9.69 Å². The lowest BCUT2D eigenvalue weighted by Gasteiger charge is -2.28. The second-order valence-corrected chi connectivity index (χ2v) is 6.88. The van der Waals surface area contributed by atoms with Crippen LogP contribution in [-0.2, 0) is 0 Å². The van der Waals surface area contributed by atoms with Crippen LogP contribution in [0.2, 0.25) is 0 Å². The lowest BCUT2D eigenvalue weighted by atomic mass is 10.1. The van der Waals surface area contributed by atoms with Crippen molar-refractivity contribution < 1.29 is 4.79 Å². The van der Waals surface area contributed by atoms with Crippen molar-refractivity contribution in [1.82, 2.24) is 15.2 Å². The van der Waals surface area contributed by atoms with Gasteiger partial charge in [-0.05, 0) is 46.0 Å². The van der Waals surface area contributed by atoms with Crippen LogP contribution in [0.1, 0.15) is 31.1 Å². The van der Waals surface area contributed by atoms with Gasteiger partial charge in [0.1, 0.15) is 0 Å². The molecule has 0 radical (unpaired) electrons. The third-order valence-electron chi connectivity index (χ3n) is 4.86. The fourth-order valence-electron chi connectivity index (χ4n) is 2.97. The molecule has 130 valence electrons. The topological polar surface area (TPSA) is 45.2 Å². The zero-order chi connectivity index (χ0) is 18.0. The van der Waals surface area contributed by atoms with Crippen LogP contribution in [0.3, 0.4) is 0 Å². The Morgan fingerprint density at radius 2 is 1.80 bits per heavy atom. The van der Waals surface area contributed by atoms with E-state index in [1.165, 1.54) is 0 Å². The van der Waals surface area contributed by atoms with Crippen LogP contribution >= 0.6 is 0 Å². The van der Waals surface area contributed by atoms with E-state index < -0.39 is 0 Å². The molecule has 3 rings (SSSR count). The first kappa shape index (κ1) is 17.4. The van der Waals surface area contributed by atoms with E-state index in [0.717, 1.165) is 21.8 Å². The number of amides is 1. The first-order valence-corrected chi connectivity index (χ1v) is 8.76. The summed E-state index contributed by atoms with van der Waals surface area (Å²) in [5.41, 5.74) is 2.29. The Morgan fingerprint density at radius 1 is 1.08 bits per heavy atom. The van der Waals surface area contributed by atoms with Crippen LogP contribution in [0.4, 0.5) is 0 Å². The summed E-state index contributed by atoms with van der Waals surface area (Å²) in [5.74, 6) is -0.0719. The SMILES string of the molecule is CC(C)N(C)C(C)CNC(=O)c1cccc2cc3ccccc3nc12. The fraction of sp³-hybridized carbons (Fsp3) is 0.333. The summed E-state index contributed by atoms with van der Waals surface area (Å²) in [4.78, 5) is 19.7. The summed E-state index contributed by atoms with van der Waals surface area (Å²) >= 11 is 0. The van der Waals surface area contributed by atoms with Gasteiger partial charge in [-0.1, -0.05) is 30.3 Å². The molecule has 1 unspecified atom stereocenters. The summed E-state index contributed by atoms with van der Waals surface area (Å²) in [6.45, 7) is 7.03. The third-order valence-corrected chi connectivity index (χ3v) is 4.86. The average molecular weight is 335 g/mol. The molecule has 1 heterocycles. The Balaban J connectivity index is 1.87. The number of likely N-dealkylation sites (N-methyl/N-ethyl adjacent to an activating group) is 1. The molecular formula is C21H25N3O. The Morgan fingerprint density at radius 3 is 2.56 bits per heavy atom. The normalized spacial score (nSPS) is 12.9. The molecule has 4 heteroatoms. The van der Waals surface area contributed by atoms with Crippen LogP contribution in [0.15, 0.2) is 48.5 Å². The maximum absolute atomic E-state index is 12.7. The molecule has 1 aromatic heterocycles. The molecule has 0 saturated carbocycles. The number of hydrogen-bond acceptors (Lipinski definition) is 3. The van der Waals surface area contributed by atoms with Crippen molar-refractivity contribution in [3.63, 3.8) is 0 Å². The van der Waals surface area contributed by atoms with Gasteiger partial charge in [0.2, 0.25) is 0 Å². The third kappa shape index (κ3) is 3.64. The second-order valence-electron chi connectivity index (χ2n) is 6.88. The molecule has 0 aliphatic carbocycles. The van der Waals surface area contributed by atoms with E-state index in [9.17, 15) is 4.79 Å². The summed E-state index contributed by atoms with van der Waals surface area (Å²) in [6, 6.07) is 16.5. The van der Waals surface area contributed by atoms with Gasteiger partial charge in [-0.25, -0.2) is 4.98 Å². The molecule has 0 aliphatic rings. The quantitative estimate of drug-likeness (QED) is 0.721. The van der Waals surface area contributed by atoms with Gasteiger partial charge in [0.15, 0.2) is 0 Å². The molecule has 2 aromatic carbocycles. The van der Waals surface area contributed by atoms with Gasteiger partial charge in [-0.15, -0.1) is 0 Å². The summed E-state index contributed by atoms with van der Waals surface area (Å²) < 4.78 is 0. The van der Waals surface area contributed by atoms with Crippen molar-refractivity contribution in [2.24, 2.45) is 0 Å². The first-order chi connectivity index (χ1) is 12.0. The molecule has 0 spiro atoms. The van der Waals surface area contributed by atoms with Gasteiger partial charge in [0, 0.05) is 29.4 Å². The minimum absolute atomic E-state index is 0.0719. The van der Waals surface area contributed by atoms with E-state index in [0.29, 0.717) is 18.2 Å². The van der Waals surface area contributed by atoms with E-state index in [2.05, 4.69) is 44.1 Å². The summed E-state index contributed by atoms with van der Waals surface area (Å²) in [7, 11) is 2.08. The Kier molecular flexibility index (Phi) is 5.00. The van der Waals surface area contributed by atoms with Gasteiger partial charge < -0.3 is 5.32 Å². The molecule has 0 bridgehead atoms. The smallest absolute Gasteiger partial charge is 0.253 e. The number of rotatable bonds is 5. The predicted octanol–water partition coefficient (Wildman–Crippen LogP) is 3.85. The highest BCUT2D eigenvalue weighted by Gasteiger charge is 2.16. The molecule has 1 atom stereocenters. The lowest BCUT2D eigenvalue weighted by molar-refractivity contribution is 0.0937. The number of aromatic nitrogens is 1. The number of benzene rings is 2. The average Bonchev–Trinajstić information content (AvgIpc) is 2.62. The van der Waals surface area contributed by atoms with Crippen molar-refractivity contribution >= 4 is 27.7 Å². The maximum atomic E-state index is 12.7. The van der Waals surface area contributed by atoms with Crippen molar-refractivity contribution in [1.29, 1.82) is 0 Å². The van der Waals surface area contributed by atoms with Crippen molar-refractivity contribution in [2.45, 2.75) is 32.9 Å². The molecular weight excluding hydrogens is 310 g/mol. The highest BCUT2D eigenvalue weighted by atomic mass is 16.1. The van der Waals surface area contributed by atoms with E-state index in [1.54, 1.807) is 0 Å². The number of carbonyl (C=O) groups excluding carboxylic acids is 1. The molecule has 0 fully saturated rings. The monoisotopic (exact) mass is 335 g/mol. The van der Waals surface area contributed by atoms with Crippen LogP contribution < -0.4 is 5.32 Å². The first-order valence-electron chi connectivity index (χ1n) is 8.76. The number of hydrogen-bond donors (Lipinski definition) is 1. The summed E-state index contributed by atoms with van der Waals surface area (Å²) in [5, 5.41) is 5.12. The zero-order valence-electron chi connectivity index (χ0n) is 15.3. The fourth-order valence-corrected chi connectivity index (χ4v) is 2.97. The number of para-hydroxylation sites is 2. The van der Waals surface area contributed by atoms with Crippen molar-refractivity contribution in [3.8, 4) is 0 Å². The van der Waals surface area contributed by atoms with Gasteiger partial charge in [0.05, 0.1) is 16.6 Å². The zero-order valence-corrected chi connectivity index (χ0v) is 15.3. The number of nitrogens with one attached hydrogen (secondary N) is 1. The largest absolute Gasteiger partial charge is 0.350 e.